The van der Waals surface area contributed by atoms with Gasteiger partial charge in [0.05, 0.1) is 19.4 Å². The maximum absolute atomic E-state index is 6.30. The fourth-order valence-corrected chi connectivity index (χ4v) is 4.70. The second kappa shape index (κ2) is 6.97. The van der Waals surface area contributed by atoms with Gasteiger partial charge in [0.15, 0.2) is 0 Å². The van der Waals surface area contributed by atoms with Gasteiger partial charge >= 0.3 is 0 Å². The van der Waals surface area contributed by atoms with E-state index in [1.54, 1.807) is 11.3 Å². The Morgan fingerprint density at radius 3 is 2.52 bits per heavy atom. The molecule has 0 aliphatic rings. The second-order valence-corrected chi connectivity index (χ2v) is 9.20. The molecule has 2 nitrogen and oxygen atoms in total. The fourth-order valence-electron chi connectivity index (χ4n) is 2.05. The van der Waals surface area contributed by atoms with Crippen LogP contribution in [0.4, 0.5) is 0 Å². The Morgan fingerprint density at radius 2 is 2.05 bits per heavy atom. The number of nitrogens with one attached hydrogen (secondary N) is 1. The van der Waals surface area contributed by atoms with Gasteiger partial charge < -0.3 is 5.32 Å². The normalized spacial score (nSPS) is 13.6. The molecule has 0 aromatic carbocycles. The fraction of sp³-hybridized carbons (Fsp3) is 0.533. The van der Waals surface area contributed by atoms with Crippen molar-refractivity contribution in [2.24, 2.45) is 0 Å². The summed E-state index contributed by atoms with van der Waals surface area (Å²) < 4.78 is 1.49. The van der Waals surface area contributed by atoms with Crippen molar-refractivity contribution < 1.29 is 0 Å². The minimum atomic E-state index is 0.0891. The summed E-state index contributed by atoms with van der Waals surface area (Å²) in [6, 6.07) is 2.12. The number of aromatic nitrogens is 1. The number of thiophene rings is 1. The second-order valence-electron chi connectivity index (χ2n) is 5.97. The molecule has 1 N–H and O–H groups in total. The molecule has 0 saturated carbocycles. The number of likely N-dealkylation sites (N-methyl/N-ethyl adjacent to an activating group) is 1. The Balaban J connectivity index is 2.20. The summed E-state index contributed by atoms with van der Waals surface area (Å²) >= 11 is 15.5. The third-order valence-corrected chi connectivity index (χ3v) is 5.60. The summed E-state index contributed by atoms with van der Waals surface area (Å²) in [4.78, 5) is 4.77. The van der Waals surface area contributed by atoms with E-state index in [4.69, 9.17) is 28.2 Å². The minimum absolute atomic E-state index is 0.0891. The summed E-state index contributed by atoms with van der Waals surface area (Å²) in [5, 5.41) is 6.76. The lowest BCUT2D eigenvalue weighted by atomic mass is 9.93. The Hall–Kier alpha value is -0.130. The van der Waals surface area contributed by atoms with E-state index in [0.717, 1.165) is 37.9 Å². The van der Waals surface area contributed by atoms with Gasteiger partial charge in [-0.1, -0.05) is 50.9 Å². The van der Waals surface area contributed by atoms with Crippen molar-refractivity contribution >= 4 is 45.9 Å². The lowest BCUT2D eigenvalue weighted by Gasteiger charge is -2.17. The van der Waals surface area contributed by atoms with Gasteiger partial charge in [-0.05, 0) is 12.6 Å². The summed E-state index contributed by atoms with van der Waals surface area (Å²) in [6.07, 6.45) is 0.835. The number of hydrogen-bond acceptors (Lipinski definition) is 4. The van der Waals surface area contributed by atoms with Crippen LogP contribution in [0, 0.1) is 0 Å². The molecule has 0 fully saturated rings. The molecule has 2 aromatic heterocycles. The van der Waals surface area contributed by atoms with Crippen LogP contribution in [0.15, 0.2) is 11.4 Å². The van der Waals surface area contributed by atoms with Crippen LogP contribution in [0.5, 0.6) is 0 Å². The van der Waals surface area contributed by atoms with E-state index >= 15 is 0 Å². The Labute approximate surface area is 144 Å². The molecule has 0 bridgehead atoms. The summed E-state index contributed by atoms with van der Waals surface area (Å²) in [6.45, 7) is 9.53. The zero-order valence-electron chi connectivity index (χ0n) is 12.7. The highest BCUT2D eigenvalue weighted by Gasteiger charge is 2.21. The predicted molar refractivity (Wildman–Crippen MR) is 95.3 cm³/mol. The summed E-state index contributed by atoms with van der Waals surface area (Å²) in [5.41, 5.74) is 2.30. The lowest BCUT2D eigenvalue weighted by Crippen LogP contribution is -2.23. The van der Waals surface area contributed by atoms with Gasteiger partial charge in [0.25, 0.3) is 0 Å². The van der Waals surface area contributed by atoms with Gasteiger partial charge in [-0.15, -0.1) is 22.7 Å². The topological polar surface area (TPSA) is 24.9 Å². The molecular formula is C15H20Cl2N2S2. The largest absolute Gasteiger partial charge is 0.310 e. The van der Waals surface area contributed by atoms with Gasteiger partial charge in [0, 0.05) is 28.8 Å². The Morgan fingerprint density at radius 1 is 1.33 bits per heavy atom. The van der Waals surface area contributed by atoms with Gasteiger partial charge in [-0.3, -0.25) is 0 Å². The quantitative estimate of drug-likeness (QED) is 0.737. The van der Waals surface area contributed by atoms with Crippen LogP contribution in [-0.4, -0.2) is 11.5 Å². The van der Waals surface area contributed by atoms with Crippen molar-refractivity contribution in [3.8, 4) is 0 Å². The van der Waals surface area contributed by atoms with Crippen molar-refractivity contribution in [1.29, 1.82) is 0 Å². The Bertz CT molecular complexity index is 599. The highest BCUT2D eigenvalue weighted by molar-refractivity contribution is 7.20. The van der Waals surface area contributed by atoms with Gasteiger partial charge in [0.2, 0.25) is 0 Å². The molecule has 0 spiro atoms. The van der Waals surface area contributed by atoms with Crippen molar-refractivity contribution in [2.45, 2.75) is 45.6 Å². The molecule has 0 aliphatic heterocycles. The molecule has 116 valence electrons. The predicted octanol–water partition coefficient (Wildman–Crippen LogP) is 5.70. The molecular weight excluding hydrogens is 343 g/mol. The number of halogens is 2. The monoisotopic (exact) mass is 362 g/mol. The number of thiazole rings is 1. The van der Waals surface area contributed by atoms with Crippen LogP contribution in [0.3, 0.4) is 0 Å². The van der Waals surface area contributed by atoms with Crippen LogP contribution in [0.1, 0.15) is 50.0 Å². The van der Waals surface area contributed by atoms with E-state index in [2.05, 4.69) is 38.4 Å². The molecule has 0 radical (unpaired) electrons. The first-order valence-corrected chi connectivity index (χ1v) is 9.39. The van der Waals surface area contributed by atoms with E-state index in [0.29, 0.717) is 0 Å². The van der Waals surface area contributed by atoms with Gasteiger partial charge in [-0.25, -0.2) is 4.98 Å². The van der Waals surface area contributed by atoms with Gasteiger partial charge in [0.1, 0.15) is 0 Å². The van der Waals surface area contributed by atoms with Crippen molar-refractivity contribution in [1.82, 2.24) is 10.3 Å². The molecule has 0 saturated heterocycles. The maximum atomic E-state index is 6.30. The molecule has 6 heteroatoms. The zero-order valence-corrected chi connectivity index (χ0v) is 15.8. The number of hydrogen-bond donors (Lipinski definition) is 1. The summed E-state index contributed by atoms with van der Waals surface area (Å²) in [5.74, 6) is 0. The minimum Gasteiger partial charge on any atom is -0.310 e. The number of nitrogens with zero attached hydrogens (tertiary/aromatic N) is 1. The van der Waals surface area contributed by atoms with E-state index in [1.165, 1.54) is 11.3 Å². The van der Waals surface area contributed by atoms with E-state index in [-0.39, 0.29) is 11.5 Å². The molecule has 0 amide bonds. The van der Waals surface area contributed by atoms with Crippen molar-refractivity contribution in [3.05, 3.63) is 36.4 Å². The lowest BCUT2D eigenvalue weighted by molar-refractivity contribution is 0.541. The smallest absolute Gasteiger partial charge is 0.0992 e. The highest BCUT2D eigenvalue weighted by atomic mass is 35.5. The van der Waals surface area contributed by atoms with E-state index < -0.39 is 0 Å². The third kappa shape index (κ3) is 4.42. The zero-order chi connectivity index (χ0) is 15.6. The first kappa shape index (κ1) is 17.2. The molecule has 2 heterocycles. The van der Waals surface area contributed by atoms with Crippen molar-refractivity contribution in [3.63, 3.8) is 0 Å². The van der Waals surface area contributed by atoms with Crippen LogP contribution in [-0.2, 0) is 11.8 Å². The van der Waals surface area contributed by atoms with Crippen LogP contribution in [0.2, 0.25) is 8.67 Å². The first-order valence-electron chi connectivity index (χ1n) is 6.94. The average Bonchev–Trinajstić information content (AvgIpc) is 2.95. The van der Waals surface area contributed by atoms with Crippen LogP contribution >= 0.6 is 45.9 Å². The van der Waals surface area contributed by atoms with Crippen LogP contribution < -0.4 is 5.32 Å². The van der Waals surface area contributed by atoms with Crippen molar-refractivity contribution in [2.75, 3.05) is 6.54 Å². The van der Waals surface area contributed by atoms with E-state index in [9.17, 15) is 0 Å². The summed E-state index contributed by atoms with van der Waals surface area (Å²) in [7, 11) is 0. The third-order valence-electron chi connectivity index (χ3n) is 3.21. The molecule has 1 unspecified atom stereocenters. The van der Waals surface area contributed by atoms with Crippen LogP contribution in [0.25, 0.3) is 0 Å². The SMILES string of the molecule is CCNC(Cc1nc(C(C)(C)C)cs1)c1cc(Cl)sc1Cl. The molecule has 1 atom stereocenters. The van der Waals surface area contributed by atoms with E-state index in [1.807, 2.05) is 6.07 Å². The standard InChI is InChI=1S/C15H20Cl2N2S2/c1-5-18-10(9-6-12(16)21-14(9)17)7-13-19-11(8-20-13)15(2,3)4/h6,8,10,18H,5,7H2,1-4H3. The molecule has 2 aromatic rings. The molecule has 2 rings (SSSR count). The molecule has 21 heavy (non-hydrogen) atoms. The highest BCUT2D eigenvalue weighted by Crippen LogP contribution is 2.36. The van der Waals surface area contributed by atoms with Gasteiger partial charge in [-0.2, -0.15) is 0 Å². The maximum Gasteiger partial charge on any atom is 0.0992 e. The number of rotatable bonds is 5. The first-order chi connectivity index (χ1) is 9.81. The molecule has 0 aliphatic carbocycles. The Kier molecular flexibility index (Phi) is 5.71. The average molecular weight is 363 g/mol.